The summed E-state index contributed by atoms with van der Waals surface area (Å²) in [4.78, 5) is 12.6. The summed E-state index contributed by atoms with van der Waals surface area (Å²) in [6.45, 7) is 3.68. The smallest absolute Gasteiger partial charge is 0.426 e. The summed E-state index contributed by atoms with van der Waals surface area (Å²) in [5.41, 5.74) is 5.58. The molecule has 0 heterocycles. The van der Waals surface area contributed by atoms with Crippen LogP contribution < -0.4 is 5.73 Å². The molecule has 13 heavy (non-hydrogen) atoms. The van der Waals surface area contributed by atoms with Crippen LogP contribution >= 0.6 is 0 Å². The highest BCUT2D eigenvalue weighted by atomic mass is 16.4. The third kappa shape index (κ3) is 4.26. The summed E-state index contributed by atoms with van der Waals surface area (Å²) >= 11 is 0. The first kappa shape index (κ1) is 12.4. The van der Waals surface area contributed by atoms with Crippen molar-refractivity contribution in [2.45, 2.75) is 19.9 Å². The number of hydrogen-bond donors (Lipinski definition) is 3. The topological polar surface area (TPSA) is 86.8 Å². The van der Waals surface area contributed by atoms with E-state index in [0.29, 0.717) is 0 Å². The Balaban J connectivity index is 4.09. The minimum atomic E-state index is -1.51. The third-order valence-corrected chi connectivity index (χ3v) is 1.82. The van der Waals surface area contributed by atoms with Gasteiger partial charge in [-0.3, -0.25) is 4.79 Å². The van der Waals surface area contributed by atoms with Gasteiger partial charge in [0.2, 0.25) is 5.91 Å². The lowest BCUT2D eigenvalue weighted by molar-refractivity contribution is -0.131. The number of carbonyl (C=O) groups is 1. The molecule has 76 valence electrons. The van der Waals surface area contributed by atoms with Crippen LogP contribution in [0.15, 0.2) is 0 Å². The molecule has 0 aromatic heterocycles. The maximum absolute atomic E-state index is 11.4. The van der Waals surface area contributed by atoms with Crippen LogP contribution in [0.25, 0.3) is 0 Å². The van der Waals surface area contributed by atoms with E-state index >= 15 is 0 Å². The van der Waals surface area contributed by atoms with Crippen molar-refractivity contribution in [1.82, 2.24) is 4.90 Å². The molecule has 5 nitrogen and oxygen atoms in total. The number of rotatable bonds is 4. The Kier molecular flexibility index (Phi) is 4.98. The standard InChI is InChI=1S/C7H17BN2O3/c1-5(2)6(9)7(11)10(3)4-8(12)13/h5-6,12-13H,4,9H2,1-3H3/t6-/m0/s1. The van der Waals surface area contributed by atoms with Crippen LogP contribution in [0.3, 0.4) is 0 Å². The van der Waals surface area contributed by atoms with Gasteiger partial charge >= 0.3 is 7.12 Å². The van der Waals surface area contributed by atoms with Gasteiger partial charge in [-0.25, -0.2) is 0 Å². The highest BCUT2D eigenvalue weighted by molar-refractivity contribution is 6.41. The van der Waals surface area contributed by atoms with E-state index in [1.165, 1.54) is 11.9 Å². The molecule has 4 N–H and O–H groups in total. The Morgan fingerprint density at radius 3 is 2.31 bits per heavy atom. The van der Waals surface area contributed by atoms with Crippen LogP contribution in [0.1, 0.15) is 13.8 Å². The van der Waals surface area contributed by atoms with E-state index in [4.69, 9.17) is 15.8 Å². The Labute approximate surface area is 78.7 Å². The largest absolute Gasteiger partial charge is 0.472 e. The Morgan fingerprint density at radius 2 is 2.00 bits per heavy atom. The van der Waals surface area contributed by atoms with E-state index in [9.17, 15) is 4.79 Å². The highest BCUT2D eigenvalue weighted by Gasteiger charge is 2.23. The van der Waals surface area contributed by atoms with Crippen LogP contribution in [0.2, 0.25) is 0 Å². The lowest BCUT2D eigenvalue weighted by atomic mass is 9.91. The van der Waals surface area contributed by atoms with Gasteiger partial charge in [0.15, 0.2) is 0 Å². The predicted octanol–water partition coefficient (Wildman–Crippen LogP) is -1.56. The number of likely N-dealkylation sites (N-methyl/N-ethyl adjacent to an activating group) is 1. The van der Waals surface area contributed by atoms with E-state index in [0.717, 1.165) is 0 Å². The summed E-state index contributed by atoms with van der Waals surface area (Å²) in [5, 5.41) is 17.2. The maximum atomic E-state index is 11.4. The second-order valence-electron chi connectivity index (χ2n) is 3.47. The molecular weight excluding hydrogens is 171 g/mol. The molecule has 0 fully saturated rings. The van der Waals surface area contributed by atoms with Crippen molar-refractivity contribution in [3.8, 4) is 0 Å². The summed E-state index contributed by atoms with van der Waals surface area (Å²) < 4.78 is 0. The monoisotopic (exact) mass is 188 g/mol. The first-order chi connectivity index (χ1) is 5.86. The molecular formula is C7H17BN2O3. The van der Waals surface area contributed by atoms with Gasteiger partial charge in [-0.2, -0.15) is 0 Å². The van der Waals surface area contributed by atoms with Gasteiger partial charge in [-0.1, -0.05) is 13.8 Å². The first-order valence-corrected chi connectivity index (χ1v) is 4.23. The summed E-state index contributed by atoms with van der Waals surface area (Å²) in [6, 6.07) is -0.580. The molecule has 0 saturated carbocycles. The van der Waals surface area contributed by atoms with Crippen molar-refractivity contribution in [3.05, 3.63) is 0 Å². The van der Waals surface area contributed by atoms with Gasteiger partial charge in [-0.05, 0) is 5.92 Å². The zero-order valence-corrected chi connectivity index (χ0v) is 8.27. The van der Waals surface area contributed by atoms with E-state index in [1.54, 1.807) is 0 Å². The fourth-order valence-electron chi connectivity index (χ4n) is 0.875. The highest BCUT2D eigenvalue weighted by Crippen LogP contribution is 2.01. The van der Waals surface area contributed by atoms with Crippen LogP contribution in [-0.2, 0) is 4.79 Å². The second kappa shape index (κ2) is 5.21. The molecule has 0 aromatic carbocycles. The molecule has 0 saturated heterocycles. The van der Waals surface area contributed by atoms with Crippen LogP contribution in [0.4, 0.5) is 0 Å². The molecule has 0 radical (unpaired) electrons. The van der Waals surface area contributed by atoms with Gasteiger partial charge in [0, 0.05) is 7.05 Å². The number of hydrogen-bond acceptors (Lipinski definition) is 4. The van der Waals surface area contributed by atoms with Gasteiger partial charge in [0.25, 0.3) is 0 Å². The molecule has 1 amide bonds. The number of amides is 1. The maximum Gasteiger partial charge on any atom is 0.472 e. The Morgan fingerprint density at radius 1 is 1.54 bits per heavy atom. The normalized spacial score (nSPS) is 12.8. The molecule has 1 atom stereocenters. The van der Waals surface area contributed by atoms with Crippen molar-refractivity contribution in [2.24, 2.45) is 11.7 Å². The van der Waals surface area contributed by atoms with E-state index in [-0.39, 0.29) is 18.3 Å². The SMILES string of the molecule is CC(C)[C@H](N)C(=O)N(C)CB(O)O. The zero-order chi connectivity index (χ0) is 10.6. The lowest BCUT2D eigenvalue weighted by Crippen LogP contribution is -2.47. The van der Waals surface area contributed by atoms with Crippen LogP contribution in [-0.4, -0.2) is 47.5 Å². The van der Waals surface area contributed by atoms with Crippen molar-refractivity contribution in [2.75, 3.05) is 13.5 Å². The number of nitrogens with zero attached hydrogens (tertiary/aromatic N) is 1. The second-order valence-corrected chi connectivity index (χ2v) is 3.47. The van der Waals surface area contributed by atoms with Gasteiger partial charge in [0.1, 0.15) is 0 Å². The Hall–Kier alpha value is -0.585. The van der Waals surface area contributed by atoms with Crippen LogP contribution in [0, 0.1) is 5.92 Å². The molecule has 0 aliphatic carbocycles. The lowest BCUT2D eigenvalue weighted by Gasteiger charge is -2.22. The molecule has 6 heteroatoms. The molecule has 0 spiro atoms. The molecule has 0 bridgehead atoms. The third-order valence-electron chi connectivity index (χ3n) is 1.82. The molecule has 0 aliphatic rings. The quantitative estimate of drug-likeness (QED) is 0.465. The summed E-state index contributed by atoms with van der Waals surface area (Å²) in [6.07, 6.45) is -0.112. The van der Waals surface area contributed by atoms with E-state index in [2.05, 4.69) is 0 Å². The minimum Gasteiger partial charge on any atom is -0.426 e. The number of nitrogens with two attached hydrogens (primary N) is 1. The van der Waals surface area contributed by atoms with Crippen molar-refractivity contribution in [3.63, 3.8) is 0 Å². The average molecular weight is 188 g/mol. The average Bonchev–Trinajstić information content (AvgIpc) is 2.00. The predicted molar refractivity (Wildman–Crippen MR) is 50.6 cm³/mol. The Bertz CT molecular complexity index is 175. The summed E-state index contributed by atoms with van der Waals surface area (Å²) in [5.74, 6) is -0.228. The van der Waals surface area contributed by atoms with Crippen molar-refractivity contribution >= 4 is 13.0 Å². The minimum absolute atomic E-state index is 0.0470. The molecule has 0 aromatic rings. The number of carbonyl (C=O) groups excluding carboxylic acids is 1. The zero-order valence-electron chi connectivity index (χ0n) is 8.27. The van der Waals surface area contributed by atoms with E-state index in [1.807, 2.05) is 13.8 Å². The van der Waals surface area contributed by atoms with E-state index < -0.39 is 13.2 Å². The van der Waals surface area contributed by atoms with Crippen molar-refractivity contribution in [1.29, 1.82) is 0 Å². The van der Waals surface area contributed by atoms with Gasteiger partial charge in [0.05, 0.1) is 12.5 Å². The van der Waals surface area contributed by atoms with Gasteiger partial charge < -0.3 is 20.7 Å². The molecule has 0 rings (SSSR count). The fraction of sp³-hybridized carbons (Fsp3) is 0.857. The van der Waals surface area contributed by atoms with Gasteiger partial charge in [-0.15, -0.1) is 0 Å². The molecule has 0 aliphatic heterocycles. The summed E-state index contributed by atoms with van der Waals surface area (Å²) in [7, 11) is -0.0161. The van der Waals surface area contributed by atoms with Crippen molar-refractivity contribution < 1.29 is 14.8 Å². The molecule has 0 unspecified atom stereocenters. The first-order valence-electron chi connectivity index (χ1n) is 4.23. The van der Waals surface area contributed by atoms with Crippen LogP contribution in [0.5, 0.6) is 0 Å². The fourth-order valence-corrected chi connectivity index (χ4v) is 0.875.